The van der Waals surface area contributed by atoms with E-state index in [-0.39, 0.29) is 5.95 Å². The highest BCUT2D eigenvalue weighted by molar-refractivity contribution is 5.52. The van der Waals surface area contributed by atoms with Crippen LogP contribution in [0.2, 0.25) is 0 Å². The number of H-pyrrole nitrogens is 1. The lowest BCUT2D eigenvalue weighted by molar-refractivity contribution is 0.940. The minimum Gasteiger partial charge on any atom is -0.368 e. The molecule has 0 aliphatic carbocycles. The Morgan fingerprint density at radius 3 is 2.92 bits per heavy atom. The molecule has 0 amide bonds. The summed E-state index contributed by atoms with van der Waals surface area (Å²) in [4.78, 5) is 7.72. The van der Waals surface area contributed by atoms with E-state index in [0.29, 0.717) is 11.4 Å². The summed E-state index contributed by atoms with van der Waals surface area (Å²) < 4.78 is 0. The third kappa shape index (κ3) is 1.09. The van der Waals surface area contributed by atoms with Gasteiger partial charge < -0.3 is 5.73 Å². The highest BCUT2D eigenvalue weighted by atomic mass is 15.3. The van der Waals surface area contributed by atoms with Gasteiger partial charge in [-0.15, -0.1) is 0 Å². The molecule has 2 aromatic heterocycles. The van der Waals surface area contributed by atoms with Gasteiger partial charge in [0.25, 0.3) is 0 Å². The molecule has 0 fully saturated rings. The Balaban J connectivity index is 2.48. The van der Waals surface area contributed by atoms with E-state index in [9.17, 15) is 0 Å². The molecule has 2 rings (SSSR count). The van der Waals surface area contributed by atoms with Crippen LogP contribution in [0.25, 0.3) is 11.4 Å². The molecule has 12 heavy (non-hydrogen) atoms. The lowest BCUT2D eigenvalue weighted by Crippen LogP contribution is -1.95. The van der Waals surface area contributed by atoms with Gasteiger partial charge in [-0.3, -0.25) is 0 Å². The number of anilines is 1. The van der Waals surface area contributed by atoms with Crippen LogP contribution in [0.4, 0.5) is 5.95 Å². The van der Waals surface area contributed by atoms with E-state index in [1.54, 1.807) is 18.5 Å². The molecule has 0 saturated carbocycles. The van der Waals surface area contributed by atoms with Crippen molar-refractivity contribution in [2.24, 2.45) is 0 Å². The molecule has 6 nitrogen and oxygen atoms in total. The third-order valence-electron chi connectivity index (χ3n) is 1.35. The maximum absolute atomic E-state index is 5.38. The summed E-state index contributed by atoms with van der Waals surface area (Å²) in [6.07, 6.45) is 3.15. The van der Waals surface area contributed by atoms with Crippen LogP contribution in [0.1, 0.15) is 0 Å². The molecule has 2 aromatic rings. The van der Waals surface area contributed by atoms with Gasteiger partial charge in [-0.05, 0) is 6.07 Å². The molecule has 0 aromatic carbocycles. The molecular weight excluding hydrogens is 156 g/mol. The van der Waals surface area contributed by atoms with E-state index in [0.717, 1.165) is 0 Å². The number of nitrogen functional groups attached to an aromatic ring is 1. The topological polar surface area (TPSA) is 93.4 Å². The molecule has 0 saturated heterocycles. The van der Waals surface area contributed by atoms with Gasteiger partial charge in [0.15, 0.2) is 0 Å². The van der Waals surface area contributed by atoms with Gasteiger partial charge in [-0.1, -0.05) is 0 Å². The Morgan fingerprint density at radius 2 is 2.25 bits per heavy atom. The molecule has 0 unspecified atom stereocenters. The first-order valence-electron chi connectivity index (χ1n) is 3.31. The second kappa shape index (κ2) is 2.57. The summed E-state index contributed by atoms with van der Waals surface area (Å²) in [6.45, 7) is 0. The normalized spacial score (nSPS) is 10.0. The first kappa shape index (κ1) is 6.71. The van der Waals surface area contributed by atoms with Crippen molar-refractivity contribution >= 4 is 5.95 Å². The fourth-order valence-electron chi connectivity index (χ4n) is 0.841. The zero-order valence-corrected chi connectivity index (χ0v) is 6.10. The van der Waals surface area contributed by atoms with Crippen LogP contribution in [0.15, 0.2) is 18.5 Å². The minimum absolute atomic E-state index is 0.232. The first-order valence-corrected chi connectivity index (χ1v) is 3.31. The van der Waals surface area contributed by atoms with E-state index in [1.165, 1.54) is 0 Å². The quantitative estimate of drug-likeness (QED) is 0.607. The summed E-state index contributed by atoms with van der Waals surface area (Å²) >= 11 is 0. The smallest absolute Gasteiger partial charge is 0.220 e. The maximum atomic E-state index is 5.38. The van der Waals surface area contributed by atoms with Crippen LogP contribution in [-0.4, -0.2) is 25.4 Å². The van der Waals surface area contributed by atoms with Gasteiger partial charge in [-0.25, -0.2) is 9.97 Å². The van der Waals surface area contributed by atoms with Crippen LogP contribution in [0.3, 0.4) is 0 Å². The molecule has 2 heterocycles. The number of nitrogens with one attached hydrogen (secondary N) is 1. The predicted octanol–water partition coefficient (Wildman–Crippen LogP) is -0.156. The van der Waals surface area contributed by atoms with Crippen LogP contribution in [0, 0.1) is 0 Å². The van der Waals surface area contributed by atoms with Crippen molar-refractivity contribution in [3.8, 4) is 11.4 Å². The van der Waals surface area contributed by atoms with Crippen LogP contribution in [-0.2, 0) is 0 Å². The second-order valence-electron chi connectivity index (χ2n) is 2.16. The van der Waals surface area contributed by atoms with E-state index < -0.39 is 0 Å². The summed E-state index contributed by atoms with van der Waals surface area (Å²) in [5.74, 6) is 0.232. The van der Waals surface area contributed by atoms with Crippen LogP contribution in [0.5, 0.6) is 0 Å². The largest absolute Gasteiger partial charge is 0.368 e. The number of aromatic nitrogens is 5. The van der Waals surface area contributed by atoms with E-state index in [2.05, 4.69) is 25.4 Å². The highest BCUT2D eigenvalue weighted by Crippen LogP contribution is 2.10. The molecule has 60 valence electrons. The average molecular weight is 162 g/mol. The Morgan fingerprint density at radius 1 is 1.33 bits per heavy atom. The van der Waals surface area contributed by atoms with Crippen molar-refractivity contribution in [2.45, 2.75) is 0 Å². The zero-order chi connectivity index (χ0) is 8.39. The Bertz CT molecular complexity index is 367. The zero-order valence-electron chi connectivity index (χ0n) is 6.10. The summed E-state index contributed by atoms with van der Waals surface area (Å²) in [7, 11) is 0. The third-order valence-corrected chi connectivity index (χ3v) is 1.35. The van der Waals surface area contributed by atoms with Gasteiger partial charge in [0, 0.05) is 6.20 Å². The predicted molar refractivity (Wildman–Crippen MR) is 41.8 cm³/mol. The molecule has 0 atom stereocenters. The lowest BCUT2D eigenvalue weighted by Gasteiger charge is -1.93. The van der Waals surface area contributed by atoms with Crippen LogP contribution < -0.4 is 5.73 Å². The second-order valence-corrected chi connectivity index (χ2v) is 2.16. The van der Waals surface area contributed by atoms with Crippen molar-refractivity contribution < 1.29 is 0 Å². The number of hydrogen-bond acceptors (Lipinski definition) is 5. The fourth-order valence-corrected chi connectivity index (χ4v) is 0.841. The van der Waals surface area contributed by atoms with E-state index >= 15 is 0 Å². The Kier molecular flexibility index (Phi) is 1.44. The number of nitrogens with zero attached hydrogens (tertiary/aromatic N) is 4. The standard InChI is InChI=1S/C6H6N6/c7-6-8-2-1-4(10-6)5-3-9-12-11-5/h1-3H,(H2,7,8,10)(H,9,11,12). The Labute approximate surface area is 67.9 Å². The molecule has 6 heteroatoms. The fraction of sp³-hybridized carbons (Fsp3) is 0. The van der Waals surface area contributed by atoms with Crippen molar-refractivity contribution in [2.75, 3.05) is 5.73 Å². The molecule has 0 aliphatic heterocycles. The van der Waals surface area contributed by atoms with Crippen LogP contribution >= 0.6 is 0 Å². The number of aromatic amines is 1. The molecule has 3 N–H and O–H groups in total. The van der Waals surface area contributed by atoms with Crippen molar-refractivity contribution in [1.29, 1.82) is 0 Å². The van der Waals surface area contributed by atoms with Gasteiger partial charge >= 0.3 is 0 Å². The number of nitrogens with two attached hydrogens (primary N) is 1. The lowest BCUT2D eigenvalue weighted by atomic mass is 10.3. The summed E-state index contributed by atoms with van der Waals surface area (Å²) in [5.41, 5.74) is 6.70. The molecule has 0 aliphatic rings. The first-order chi connectivity index (χ1) is 5.86. The average Bonchev–Trinajstić information content (AvgIpc) is 2.56. The van der Waals surface area contributed by atoms with Gasteiger partial charge in [-0.2, -0.15) is 15.4 Å². The molecule has 0 bridgehead atoms. The number of hydrogen-bond donors (Lipinski definition) is 2. The monoisotopic (exact) mass is 162 g/mol. The highest BCUT2D eigenvalue weighted by Gasteiger charge is 2.01. The van der Waals surface area contributed by atoms with Crippen molar-refractivity contribution in [3.05, 3.63) is 18.5 Å². The van der Waals surface area contributed by atoms with E-state index in [4.69, 9.17) is 5.73 Å². The SMILES string of the molecule is Nc1nccc(-c2cn[nH]n2)n1. The van der Waals surface area contributed by atoms with Gasteiger partial charge in [0.05, 0.1) is 11.9 Å². The minimum atomic E-state index is 0.232. The molecule has 0 radical (unpaired) electrons. The summed E-state index contributed by atoms with van der Waals surface area (Å²) in [5, 5.41) is 9.98. The molecular formula is C6H6N6. The van der Waals surface area contributed by atoms with E-state index in [1.807, 2.05) is 0 Å². The Hall–Kier alpha value is -1.98. The van der Waals surface area contributed by atoms with Crippen molar-refractivity contribution in [3.63, 3.8) is 0 Å². The summed E-state index contributed by atoms with van der Waals surface area (Å²) in [6, 6.07) is 1.72. The van der Waals surface area contributed by atoms with Crippen molar-refractivity contribution in [1.82, 2.24) is 25.4 Å². The maximum Gasteiger partial charge on any atom is 0.220 e. The molecule has 0 spiro atoms. The van der Waals surface area contributed by atoms with Gasteiger partial charge in [0.1, 0.15) is 5.69 Å². The van der Waals surface area contributed by atoms with Gasteiger partial charge in [0.2, 0.25) is 5.95 Å². The number of rotatable bonds is 1.